The fraction of sp³-hybridized carbons (Fsp3) is 0.923. The minimum atomic E-state index is -3.11. The summed E-state index contributed by atoms with van der Waals surface area (Å²) in [5.74, 6) is -0.356. The molecular weight excluding hydrogens is 292 g/mol. The number of likely N-dealkylation sites (N-methyl/N-ethyl adjacent to an activating group) is 1. The number of hydrogen-bond acceptors (Lipinski definition) is 5. The predicted molar refractivity (Wildman–Crippen MR) is 83.3 cm³/mol. The van der Waals surface area contributed by atoms with Crippen LogP contribution in [0.25, 0.3) is 0 Å². The molecule has 0 aromatic rings. The van der Waals surface area contributed by atoms with Gasteiger partial charge in [-0.15, -0.1) is 0 Å². The second kappa shape index (κ2) is 7.04. The smallest absolute Gasteiger partial charge is 0.237 e. The molecule has 21 heavy (non-hydrogen) atoms. The first kappa shape index (κ1) is 18.3. The highest BCUT2D eigenvalue weighted by Crippen LogP contribution is 2.18. The molecule has 0 spiro atoms. The summed E-state index contributed by atoms with van der Waals surface area (Å²) in [7, 11) is -3.11. The number of piperazine rings is 1. The molecule has 0 aromatic heterocycles. The van der Waals surface area contributed by atoms with Gasteiger partial charge in [-0.05, 0) is 26.8 Å². The Morgan fingerprint density at radius 1 is 1.33 bits per heavy atom. The first-order chi connectivity index (χ1) is 9.60. The summed E-state index contributed by atoms with van der Waals surface area (Å²) in [6.07, 6.45) is 1.84. The van der Waals surface area contributed by atoms with Gasteiger partial charge in [-0.25, -0.2) is 8.42 Å². The number of sulfonamides is 1. The summed E-state index contributed by atoms with van der Waals surface area (Å²) < 4.78 is 24.5. The van der Waals surface area contributed by atoms with Gasteiger partial charge in [-0.3, -0.25) is 9.69 Å². The third kappa shape index (κ3) is 4.91. The highest BCUT2D eigenvalue weighted by molar-refractivity contribution is 7.88. The van der Waals surface area contributed by atoms with Gasteiger partial charge in [0.2, 0.25) is 15.9 Å². The van der Waals surface area contributed by atoms with Crippen LogP contribution < -0.4 is 11.1 Å². The lowest BCUT2D eigenvalue weighted by Crippen LogP contribution is -2.58. The Labute approximate surface area is 127 Å². The van der Waals surface area contributed by atoms with Gasteiger partial charge in [0.25, 0.3) is 0 Å². The fourth-order valence-electron chi connectivity index (χ4n) is 2.85. The molecule has 8 heteroatoms. The molecule has 124 valence electrons. The zero-order valence-corrected chi connectivity index (χ0v) is 14.2. The van der Waals surface area contributed by atoms with Gasteiger partial charge >= 0.3 is 0 Å². The van der Waals surface area contributed by atoms with Crippen molar-refractivity contribution in [2.75, 3.05) is 39.0 Å². The van der Waals surface area contributed by atoms with Crippen molar-refractivity contribution in [1.29, 1.82) is 0 Å². The van der Waals surface area contributed by atoms with E-state index < -0.39 is 15.6 Å². The molecule has 1 amide bonds. The average molecular weight is 320 g/mol. The predicted octanol–water partition coefficient (Wildman–Crippen LogP) is -0.804. The maximum atomic E-state index is 11.7. The lowest BCUT2D eigenvalue weighted by molar-refractivity contribution is -0.124. The summed E-state index contributed by atoms with van der Waals surface area (Å²) in [6, 6.07) is 0.156. The molecule has 0 aliphatic carbocycles. The average Bonchev–Trinajstić information content (AvgIpc) is 2.37. The molecule has 1 heterocycles. The van der Waals surface area contributed by atoms with Gasteiger partial charge in [-0.2, -0.15) is 4.31 Å². The Morgan fingerprint density at radius 2 is 1.86 bits per heavy atom. The SMILES string of the molecule is CCNC(C)(CC(C)N1CCN(S(C)(=O)=O)CC1)C(N)=O. The minimum Gasteiger partial charge on any atom is -0.368 e. The molecule has 3 N–H and O–H groups in total. The third-order valence-electron chi connectivity index (χ3n) is 4.18. The largest absolute Gasteiger partial charge is 0.368 e. The van der Waals surface area contributed by atoms with E-state index in [1.54, 1.807) is 0 Å². The second-order valence-electron chi connectivity index (χ2n) is 5.98. The molecule has 0 bridgehead atoms. The Morgan fingerprint density at radius 3 is 2.24 bits per heavy atom. The summed E-state index contributed by atoms with van der Waals surface area (Å²) in [6.45, 7) is 8.83. The van der Waals surface area contributed by atoms with E-state index >= 15 is 0 Å². The van der Waals surface area contributed by atoms with E-state index in [9.17, 15) is 13.2 Å². The first-order valence-electron chi connectivity index (χ1n) is 7.34. The van der Waals surface area contributed by atoms with Crippen LogP contribution in [0.15, 0.2) is 0 Å². The molecule has 0 radical (unpaired) electrons. The highest BCUT2D eigenvalue weighted by Gasteiger charge is 2.34. The molecule has 0 saturated carbocycles. The van der Waals surface area contributed by atoms with Crippen molar-refractivity contribution >= 4 is 15.9 Å². The molecule has 2 unspecified atom stereocenters. The van der Waals surface area contributed by atoms with Crippen molar-refractivity contribution in [3.05, 3.63) is 0 Å². The van der Waals surface area contributed by atoms with Crippen LogP contribution in [0.3, 0.4) is 0 Å². The van der Waals surface area contributed by atoms with Crippen molar-refractivity contribution in [3.63, 3.8) is 0 Å². The fourth-order valence-corrected chi connectivity index (χ4v) is 3.67. The van der Waals surface area contributed by atoms with E-state index in [0.29, 0.717) is 39.1 Å². The van der Waals surface area contributed by atoms with Crippen molar-refractivity contribution in [2.24, 2.45) is 5.73 Å². The molecule has 1 rings (SSSR count). The molecule has 1 aliphatic heterocycles. The van der Waals surface area contributed by atoms with E-state index in [2.05, 4.69) is 17.1 Å². The monoisotopic (exact) mass is 320 g/mol. The molecule has 1 saturated heterocycles. The van der Waals surface area contributed by atoms with Crippen LogP contribution in [-0.2, 0) is 14.8 Å². The van der Waals surface area contributed by atoms with Crippen LogP contribution in [0.4, 0.5) is 0 Å². The van der Waals surface area contributed by atoms with E-state index in [0.717, 1.165) is 0 Å². The quantitative estimate of drug-likeness (QED) is 0.640. The number of carbonyl (C=O) groups is 1. The van der Waals surface area contributed by atoms with Gasteiger partial charge in [0.05, 0.1) is 11.8 Å². The van der Waals surface area contributed by atoms with Crippen molar-refractivity contribution < 1.29 is 13.2 Å². The number of nitrogens with two attached hydrogens (primary N) is 1. The first-order valence-corrected chi connectivity index (χ1v) is 9.19. The zero-order chi connectivity index (χ0) is 16.3. The minimum absolute atomic E-state index is 0.156. The standard InChI is InChI=1S/C13H28N4O3S/c1-5-15-13(3,12(14)18)10-11(2)16-6-8-17(9-7-16)21(4,19)20/h11,15H,5-10H2,1-4H3,(H2,14,18). The lowest BCUT2D eigenvalue weighted by Gasteiger charge is -2.40. The van der Waals surface area contributed by atoms with E-state index in [1.165, 1.54) is 10.6 Å². The number of primary amides is 1. The van der Waals surface area contributed by atoms with Crippen LogP contribution in [-0.4, -0.2) is 74.1 Å². The van der Waals surface area contributed by atoms with Crippen LogP contribution in [0.5, 0.6) is 0 Å². The van der Waals surface area contributed by atoms with Gasteiger partial charge < -0.3 is 11.1 Å². The van der Waals surface area contributed by atoms with Crippen molar-refractivity contribution in [3.8, 4) is 0 Å². The summed E-state index contributed by atoms with van der Waals surface area (Å²) in [4.78, 5) is 13.9. The van der Waals surface area contributed by atoms with Gasteiger partial charge in [0.15, 0.2) is 0 Å². The molecule has 1 aliphatic rings. The Bertz CT molecular complexity index is 460. The maximum absolute atomic E-state index is 11.7. The van der Waals surface area contributed by atoms with Crippen LogP contribution in [0.2, 0.25) is 0 Å². The molecule has 2 atom stereocenters. The second-order valence-corrected chi connectivity index (χ2v) is 7.96. The van der Waals surface area contributed by atoms with Crippen molar-refractivity contribution in [1.82, 2.24) is 14.5 Å². The molecule has 0 aromatic carbocycles. The number of carbonyl (C=O) groups excluding carboxylic acids is 1. The lowest BCUT2D eigenvalue weighted by atomic mass is 9.91. The topological polar surface area (TPSA) is 95.7 Å². The summed E-state index contributed by atoms with van der Waals surface area (Å²) >= 11 is 0. The Hall–Kier alpha value is -0.700. The zero-order valence-electron chi connectivity index (χ0n) is 13.4. The summed E-state index contributed by atoms with van der Waals surface area (Å²) in [5.41, 5.74) is 4.77. The van der Waals surface area contributed by atoms with E-state index in [-0.39, 0.29) is 11.9 Å². The summed E-state index contributed by atoms with van der Waals surface area (Å²) in [5, 5.41) is 3.15. The number of nitrogens with zero attached hydrogens (tertiary/aromatic N) is 2. The van der Waals surface area contributed by atoms with Gasteiger partial charge in [-0.1, -0.05) is 6.92 Å². The number of nitrogens with one attached hydrogen (secondary N) is 1. The molecule has 7 nitrogen and oxygen atoms in total. The third-order valence-corrected chi connectivity index (χ3v) is 5.48. The Kier molecular flexibility index (Phi) is 6.15. The number of hydrogen-bond donors (Lipinski definition) is 2. The maximum Gasteiger partial charge on any atom is 0.237 e. The van der Waals surface area contributed by atoms with E-state index in [1.807, 2.05) is 13.8 Å². The van der Waals surface area contributed by atoms with Crippen LogP contribution in [0, 0.1) is 0 Å². The molecule has 1 fully saturated rings. The highest BCUT2D eigenvalue weighted by atomic mass is 32.2. The normalized spacial score (nSPS) is 22.7. The number of amides is 1. The van der Waals surface area contributed by atoms with Crippen LogP contribution in [0.1, 0.15) is 27.2 Å². The van der Waals surface area contributed by atoms with Crippen molar-refractivity contribution in [2.45, 2.75) is 38.8 Å². The van der Waals surface area contributed by atoms with Gasteiger partial charge in [0.1, 0.15) is 0 Å². The van der Waals surface area contributed by atoms with Crippen LogP contribution >= 0.6 is 0 Å². The number of rotatable bonds is 7. The van der Waals surface area contributed by atoms with Gasteiger partial charge in [0, 0.05) is 32.2 Å². The Balaban J connectivity index is 2.61. The molecular formula is C13H28N4O3S. The van der Waals surface area contributed by atoms with E-state index in [4.69, 9.17) is 5.73 Å².